The molecular formula is C15H20N2O. The van der Waals surface area contributed by atoms with Crippen molar-refractivity contribution in [2.75, 3.05) is 6.67 Å². The van der Waals surface area contributed by atoms with Crippen molar-refractivity contribution < 1.29 is 4.79 Å². The van der Waals surface area contributed by atoms with Crippen LogP contribution in [0.2, 0.25) is 0 Å². The Hall–Kier alpha value is -1.35. The standard InChI is InChI=1S/C15H20N2O/c1-11-7-13(8-11)17-10-16-14(15(17)18)9-12-5-3-2-4-6-12/h2-6,11,13-14,16H,7-10H2,1H3. The lowest BCUT2D eigenvalue weighted by Gasteiger charge is -2.39. The van der Waals surface area contributed by atoms with Crippen LogP contribution in [0.3, 0.4) is 0 Å². The minimum atomic E-state index is -0.0247. The maximum absolute atomic E-state index is 12.3. The third-order valence-corrected chi connectivity index (χ3v) is 4.16. The molecule has 0 spiro atoms. The van der Waals surface area contributed by atoms with Crippen molar-refractivity contribution in [2.24, 2.45) is 5.92 Å². The van der Waals surface area contributed by atoms with Crippen LogP contribution in [0.5, 0.6) is 0 Å². The zero-order valence-electron chi connectivity index (χ0n) is 10.8. The van der Waals surface area contributed by atoms with Crippen molar-refractivity contribution in [1.82, 2.24) is 10.2 Å². The van der Waals surface area contributed by atoms with Gasteiger partial charge >= 0.3 is 0 Å². The van der Waals surface area contributed by atoms with E-state index >= 15 is 0 Å². The number of nitrogens with zero attached hydrogens (tertiary/aromatic N) is 1. The lowest BCUT2D eigenvalue weighted by molar-refractivity contribution is -0.133. The van der Waals surface area contributed by atoms with Crippen LogP contribution in [-0.4, -0.2) is 29.6 Å². The largest absolute Gasteiger partial charge is 0.326 e. The quantitative estimate of drug-likeness (QED) is 0.879. The first-order chi connectivity index (χ1) is 8.74. The van der Waals surface area contributed by atoms with Gasteiger partial charge in [0.15, 0.2) is 0 Å². The molecule has 1 aromatic rings. The average Bonchev–Trinajstić information content (AvgIpc) is 2.69. The number of carbonyl (C=O) groups is 1. The number of rotatable bonds is 3. The number of hydrogen-bond acceptors (Lipinski definition) is 2. The van der Waals surface area contributed by atoms with Crippen LogP contribution >= 0.6 is 0 Å². The van der Waals surface area contributed by atoms with E-state index in [1.54, 1.807) is 0 Å². The molecule has 1 aliphatic heterocycles. The third kappa shape index (κ3) is 2.15. The Morgan fingerprint density at radius 2 is 2.00 bits per heavy atom. The van der Waals surface area contributed by atoms with Gasteiger partial charge in [-0.3, -0.25) is 10.1 Å². The Bertz CT molecular complexity index is 425. The monoisotopic (exact) mass is 244 g/mol. The molecule has 18 heavy (non-hydrogen) atoms. The summed E-state index contributed by atoms with van der Waals surface area (Å²) in [5.74, 6) is 1.08. The average molecular weight is 244 g/mol. The fourth-order valence-electron chi connectivity index (χ4n) is 3.01. The first-order valence-electron chi connectivity index (χ1n) is 6.82. The molecule has 0 aromatic heterocycles. The number of hydrogen-bond donors (Lipinski definition) is 1. The number of carbonyl (C=O) groups excluding carboxylic acids is 1. The number of nitrogens with one attached hydrogen (secondary N) is 1. The summed E-state index contributed by atoms with van der Waals surface area (Å²) < 4.78 is 0. The van der Waals surface area contributed by atoms with E-state index in [-0.39, 0.29) is 11.9 Å². The maximum atomic E-state index is 12.3. The van der Waals surface area contributed by atoms with Gasteiger partial charge in [0.25, 0.3) is 0 Å². The van der Waals surface area contributed by atoms with Crippen molar-refractivity contribution in [2.45, 2.75) is 38.3 Å². The maximum Gasteiger partial charge on any atom is 0.241 e. The highest BCUT2D eigenvalue weighted by molar-refractivity contribution is 5.84. The fraction of sp³-hybridized carbons (Fsp3) is 0.533. The van der Waals surface area contributed by atoms with Gasteiger partial charge in [0, 0.05) is 6.04 Å². The first kappa shape index (κ1) is 11.7. The summed E-state index contributed by atoms with van der Waals surface area (Å²) in [5, 5.41) is 3.35. The normalized spacial score (nSPS) is 31.5. The highest BCUT2D eigenvalue weighted by atomic mass is 16.2. The Morgan fingerprint density at radius 3 is 2.67 bits per heavy atom. The van der Waals surface area contributed by atoms with Crippen molar-refractivity contribution in [3.05, 3.63) is 35.9 Å². The van der Waals surface area contributed by atoms with Crippen molar-refractivity contribution >= 4 is 5.91 Å². The molecule has 0 bridgehead atoms. The zero-order valence-corrected chi connectivity index (χ0v) is 10.8. The van der Waals surface area contributed by atoms with E-state index in [4.69, 9.17) is 0 Å². The van der Waals surface area contributed by atoms with Gasteiger partial charge in [0.05, 0.1) is 12.7 Å². The predicted octanol–water partition coefficient (Wildman–Crippen LogP) is 1.79. The van der Waals surface area contributed by atoms with E-state index in [1.165, 1.54) is 18.4 Å². The molecule has 1 aromatic carbocycles. The summed E-state index contributed by atoms with van der Waals surface area (Å²) in [5.41, 5.74) is 1.23. The molecule has 3 nitrogen and oxygen atoms in total. The fourth-order valence-corrected chi connectivity index (χ4v) is 3.01. The minimum Gasteiger partial charge on any atom is -0.326 e. The third-order valence-electron chi connectivity index (χ3n) is 4.16. The molecule has 1 N–H and O–H groups in total. The first-order valence-corrected chi connectivity index (χ1v) is 6.82. The van der Waals surface area contributed by atoms with Crippen LogP contribution in [0.1, 0.15) is 25.3 Å². The van der Waals surface area contributed by atoms with Gasteiger partial charge in [-0.05, 0) is 30.7 Å². The molecule has 1 aliphatic carbocycles. The minimum absolute atomic E-state index is 0.0247. The van der Waals surface area contributed by atoms with E-state index in [1.807, 2.05) is 23.1 Å². The van der Waals surface area contributed by atoms with Gasteiger partial charge in [-0.1, -0.05) is 37.3 Å². The molecule has 1 heterocycles. The van der Waals surface area contributed by atoms with Crippen LogP contribution in [0.25, 0.3) is 0 Å². The summed E-state index contributed by atoms with van der Waals surface area (Å²) in [7, 11) is 0. The Morgan fingerprint density at radius 1 is 1.28 bits per heavy atom. The van der Waals surface area contributed by atoms with Crippen LogP contribution in [0.4, 0.5) is 0 Å². The van der Waals surface area contributed by atoms with Crippen molar-refractivity contribution in [3.8, 4) is 0 Å². The van der Waals surface area contributed by atoms with Gasteiger partial charge < -0.3 is 4.90 Å². The lowest BCUT2D eigenvalue weighted by atomic mass is 9.81. The molecule has 1 saturated carbocycles. The number of amides is 1. The predicted molar refractivity (Wildman–Crippen MR) is 71.0 cm³/mol. The van der Waals surface area contributed by atoms with Gasteiger partial charge in [0.2, 0.25) is 5.91 Å². The van der Waals surface area contributed by atoms with Gasteiger partial charge in [-0.15, -0.1) is 0 Å². The van der Waals surface area contributed by atoms with E-state index in [0.29, 0.717) is 6.04 Å². The second-order valence-corrected chi connectivity index (χ2v) is 5.64. The molecule has 96 valence electrons. The van der Waals surface area contributed by atoms with E-state index in [9.17, 15) is 4.79 Å². The lowest BCUT2D eigenvalue weighted by Crippen LogP contribution is -2.46. The van der Waals surface area contributed by atoms with Crippen molar-refractivity contribution in [1.29, 1.82) is 0 Å². The van der Waals surface area contributed by atoms with E-state index in [0.717, 1.165) is 19.0 Å². The van der Waals surface area contributed by atoms with Crippen molar-refractivity contribution in [3.63, 3.8) is 0 Å². The molecule has 2 aliphatic rings. The summed E-state index contributed by atoms with van der Waals surface area (Å²) >= 11 is 0. The summed E-state index contributed by atoms with van der Waals surface area (Å²) in [6.45, 7) is 2.99. The highest BCUT2D eigenvalue weighted by Crippen LogP contribution is 2.32. The van der Waals surface area contributed by atoms with Gasteiger partial charge in [0.1, 0.15) is 0 Å². The Labute approximate surface area is 108 Å². The molecule has 0 radical (unpaired) electrons. The molecule has 3 rings (SSSR count). The molecule has 1 unspecified atom stereocenters. The van der Waals surface area contributed by atoms with E-state index in [2.05, 4.69) is 24.4 Å². The molecule has 1 saturated heterocycles. The van der Waals surface area contributed by atoms with Crippen LogP contribution in [-0.2, 0) is 11.2 Å². The topological polar surface area (TPSA) is 32.3 Å². The second kappa shape index (κ2) is 4.73. The highest BCUT2D eigenvalue weighted by Gasteiger charge is 2.39. The van der Waals surface area contributed by atoms with Crippen LogP contribution in [0, 0.1) is 5.92 Å². The smallest absolute Gasteiger partial charge is 0.241 e. The molecule has 3 heteroatoms. The molecule has 1 amide bonds. The Kier molecular flexibility index (Phi) is 3.08. The number of benzene rings is 1. The van der Waals surface area contributed by atoms with E-state index < -0.39 is 0 Å². The van der Waals surface area contributed by atoms with Gasteiger partial charge in [-0.25, -0.2) is 0 Å². The summed E-state index contributed by atoms with van der Waals surface area (Å²) in [6, 6.07) is 10.7. The van der Waals surface area contributed by atoms with Gasteiger partial charge in [-0.2, -0.15) is 0 Å². The molecular weight excluding hydrogens is 224 g/mol. The molecule has 1 atom stereocenters. The second-order valence-electron chi connectivity index (χ2n) is 5.64. The SMILES string of the molecule is CC1CC(N2CNC(Cc3ccccc3)C2=O)C1. The molecule has 2 fully saturated rings. The van der Waals surface area contributed by atoms with Crippen LogP contribution < -0.4 is 5.32 Å². The summed E-state index contributed by atoms with van der Waals surface area (Å²) in [6.07, 6.45) is 3.15. The zero-order chi connectivity index (χ0) is 12.5. The summed E-state index contributed by atoms with van der Waals surface area (Å²) in [4.78, 5) is 14.3. The Balaban J connectivity index is 1.61. The van der Waals surface area contributed by atoms with Crippen LogP contribution in [0.15, 0.2) is 30.3 Å².